The fourth-order valence-electron chi connectivity index (χ4n) is 2.91. The molecule has 2 N–H and O–H groups in total. The molecule has 0 radical (unpaired) electrons. The zero-order chi connectivity index (χ0) is 21.3. The van der Waals surface area contributed by atoms with Gasteiger partial charge in [0.1, 0.15) is 16.5 Å². The summed E-state index contributed by atoms with van der Waals surface area (Å²) in [5.74, 6) is -1.55. The summed E-state index contributed by atoms with van der Waals surface area (Å²) in [5, 5.41) is 9.56. The van der Waals surface area contributed by atoms with E-state index in [1.165, 1.54) is 28.8 Å². The van der Waals surface area contributed by atoms with E-state index < -0.39 is 17.3 Å². The highest BCUT2D eigenvalue weighted by atomic mass is 35.5. The molecule has 0 saturated carbocycles. The monoisotopic (exact) mass is 427 g/mol. The Bertz CT molecular complexity index is 1350. The van der Waals surface area contributed by atoms with E-state index in [4.69, 9.17) is 17.3 Å². The fraction of sp³-hybridized carbons (Fsp3) is 0.0952. The van der Waals surface area contributed by atoms with E-state index in [0.717, 1.165) is 22.5 Å². The average molecular weight is 428 g/mol. The molecule has 8 heteroatoms. The van der Waals surface area contributed by atoms with E-state index in [2.05, 4.69) is 0 Å². The van der Waals surface area contributed by atoms with Gasteiger partial charge in [-0.2, -0.15) is 5.26 Å². The largest absolute Gasteiger partial charge is 0.365 e. The molecule has 1 heterocycles. The first-order chi connectivity index (χ1) is 13.7. The normalized spacial score (nSPS) is 12.6. The lowest BCUT2D eigenvalue weighted by atomic mass is 10.1. The quantitative estimate of drug-likeness (QED) is 0.695. The minimum atomic E-state index is -0.956. The Morgan fingerprint density at radius 2 is 2.03 bits per heavy atom. The van der Waals surface area contributed by atoms with Crippen LogP contribution in [0.1, 0.15) is 16.7 Å². The topological polar surface area (TPSA) is 88.9 Å². The number of amides is 1. The van der Waals surface area contributed by atoms with Crippen LogP contribution in [-0.4, -0.2) is 10.5 Å². The van der Waals surface area contributed by atoms with Crippen LogP contribution in [0.4, 0.5) is 4.39 Å². The maximum atomic E-state index is 14.2. The molecule has 0 aliphatic heterocycles. The van der Waals surface area contributed by atoms with Crippen molar-refractivity contribution in [2.45, 2.75) is 13.8 Å². The van der Waals surface area contributed by atoms with Crippen LogP contribution in [0, 0.1) is 31.0 Å². The molecular weight excluding hydrogens is 413 g/mol. The minimum Gasteiger partial charge on any atom is -0.365 e. The predicted molar refractivity (Wildman–Crippen MR) is 112 cm³/mol. The molecule has 0 bridgehead atoms. The molecule has 0 aliphatic rings. The Hall–Kier alpha value is -3.21. The van der Waals surface area contributed by atoms with Gasteiger partial charge in [0.05, 0.1) is 15.2 Å². The number of carbonyl (C=O) groups excluding carboxylic acids is 1. The molecule has 3 rings (SSSR count). The Labute approximate surface area is 174 Å². The summed E-state index contributed by atoms with van der Waals surface area (Å²) in [6.07, 6.45) is 1.31. The molecule has 3 aromatic rings. The van der Waals surface area contributed by atoms with Crippen LogP contribution < -0.4 is 20.5 Å². The third-order valence-electron chi connectivity index (χ3n) is 4.26. The number of aryl methyl sites for hydroxylation is 2. The smallest absolute Gasteiger partial charge is 0.273 e. The van der Waals surface area contributed by atoms with Gasteiger partial charge < -0.3 is 5.73 Å². The second-order valence-corrected chi connectivity index (χ2v) is 7.77. The van der Waals surface area contributed by atoms with Gasteiger partial charge in [-0.05, 0) is 43.7 Å². The summed E-state index contributed by atoms with van der Waals surface area (Å²) in [6, 6.07) is 11.4. The number of benzene rings is 2. The van der Waals surface area contributed by atoms with Gasteiger partial charge in [0, 0.05) is 5.56 Å². The van der Waals surface area contributed by atoms with Crippen LogP contribution in [-0.2, 0) is 4.79 Å². The first-order valence-corrected chi connectivity index (χ1v) is 9.63. The number of hydrogen-bond donors (Lipinski definition) is 1. The Morgan fingerprint density at radius 3 is 2.62 bits per heavy atom. The summed E-state index contributed by atoms with van der Waals surface area (Å²) < 4.78 is 15.7. The zero-order valence-electron chi connectivity index (χ0n) is 15.5. The molecule has 0 unspecified atom stereocenters. The van der Waals surface area contributed by atoms with Crippen molar-refractivity contribution in [2.24, 2.45) is 5.73 Å². The van der Waals surface area contributed by atoms with Gasteiger partial charge in [-0.3, -0.25) is 14.2 Å². The lowest BCUT2D eigenvalue weighted by Crippen LogP contribution is -2.33. The second-order valence-electron chi connectivity index (χ2n) is 6.33. The molecule has 0 aliphatic carbocycles. The van der Waals surface area contributed by atoms with E-state index in [-0.39, 0.29) is 25.4 Å². The number of nitrogens with two attached hydrogens (primary N) is 1. The van der Waals surface area contributed by atoms with E-state index in [1.807, 2.05) is 26.0 Å². The predicted octanol–water partition coefficient (Wildman–Crippen LogP) is 2.30. The molecule has 146 valence electrons. The van der Waals surface area contributed by atoms with Crippen molar-refractivity contribution in [1.29, 1.82) is 5.26 Å². The van der Waals surface area contributed by atoms with Gasteiger partial charge in [0.15, 0.2) is 5.57 Å². The summed E-state index contributed by atoms with van der Waals surface area (Å²) in [5.41, 5.74) is 6.79. The average Bonchev–Trinajstić information content (AvgIpc) is 2.95. The van der Waals surface area contributed by atoms with E-state index in [9.17, 15) is 19.2 Å². The van der Waals surface area contributed by atoms with E-state index >= 15 is 0 Å². The van der Waals surface area contributed by atoms with E-state index in [1.54, 1.807) is 12.1 Å². The summed E-state index contributed by atoms with van der Waals surface area (Å²) in [6.45, 7) is 3.72. The molecule has 0 atom stereocenters. The molecule has 29 heavy (non-hydrogen) atoms. The third-order valence-corrected chi connectivity index (χ3v) is 5.69. The zero-order valence-corrected chi connectivity index (χ0v) is 17.1. The second kappa shape index (κ2) is 8.03. The van der Waals surface area contributed by atoms with Crippen molar-refractivity contribution in [3.63, 3.8) is 0 Å². The molecule has 1 aromatic heterocycles. The number of nitrogens with zero attached hydrogens (tertiary/aromatic N) is 2. The van der Waals surface area contributed by atoms with Crippen molar-refractivity contribution in [3.05, 3.63) is 83.5 Å². The first kappa shape index (κ1) is 20.5. The molecule has 0 fully saturated rings. The molecule has 1 amide bonds. The van der Waals surface area contributed by atoms with Crippen LogP contribution in [0.5, 0.6) is 0 Å². The fourth-order valence-corrected chi connectivity index (χ4v) is 4.22. The summed E-state index contributed by atoms with van der Waals surface area (Å²) in [7, 11) is 0. The SMILES string of the molecule is Cc1ccc(-n2c(=C(C#N)C(N)=O)sc(=Cc3c(F)cccc3Cl)c2=O)c(C)c1. The van der Waals surface area contributed by atoms with Crippen LogP contribution in [0.15, 0.2) is 41.2 Å². The van der Waals surface area contributed by atoms with Crippen LogP contribution in [0.2, 0.25) is 5.02 Å². The Balaban J connectivity index is 2.50. The van der Waals surface area contributed by atoms with Gasteiger partial charge in [0.25, 0.3) is 11.5 Å². The van der Waals surface area contributed by atoms with Gasteiger partial charge in [-0.25, -0.2) is 4.39 Å². The highest BCUT2D eigenvalue weighted by Gasteiger charge is 2.16. The number of rotatable bonds is 3. The van der Waals surface area contributed by atoms with Crippen molar-refractivity contribution in [2.75, 3.05) is 0 Å². The van der Waals surface area contributed by atoms with Gasteiger partial charge in [-0.15, -0.1) is 11.3 Å². The number of primary amides is 1. The van der Waals surface area contributed by atoms with Crippen LogP contribution in [0.25, 0.3) is 17.3 Å². The van der Waals surface area contributed by atoms with E-state index in [0.29, 0.717) is 5.69 Å². The van der Waals surface area contributed by atoms with Crippen molar-refractivity contribution >= 4 is 40.5 Å². The molecule has 0 spiro atoms. The number of thiazole rings is 1. The Morgan fingerprint density at radius 1 is 1.31 bits per heavy atom. The molecule has 5 nitrogen and oxygen atoms in total. The van der Waals surface area contributed by atoms with Crippen LogP contribution in [0.3, 0.4) is 0 Å². The van der Waals surface area contributed by atoms with Crippen molar-refractivity contribution in [1.82, 2.24) is 4.57 Å². The number of nitriles is 1. The minimum absolute atomic E-state index is 0.0458. The number of aromatic nitrogens is 1. The highest BCUT2D eigenvalue weighted by Crippen LogP contribution is 2.19. The van der Waals surface area contributed by atoms with Crippen molar-refractivity contribution < 1.29 is 9.18 Å². The lowest BCUT2D eigenvalue weighted by molar-refractivity contribution is -0.112. The standard InChI is InChI=1S/C21H15ClFN3O2S/c1-11-6-7-17(12(2)8-11)26-20(28)18(29-21(26)14(10-24)19(25)27)9-13-15(22)4-3-5-16(13)23/h3-9H,1-2H3,(H2,25,27). The molecule has 2 aromatic carbocycles. The summed E-state index contributed by atoms with van der Waals surface area (Å²) >= 11 is 6.95. The number of hydrogen-bond acceptors (Lipinski definition) is 4. The van der Waals surface area contributed by atoms with Gasteiger partial charge in [-0.1, -0.05) is 35.4 Å². The maximum absolute atomic E-state index is 14.2. The highest BCUT2D eigenvalue weighted by molar-refractivity contribution is 7.07. The number of halogens is 2. The van der Waals surface area contributed by atoms with Crippen LogP contribution >= 0.6 is 22.9 Å². The van der Waals surface area contributed by atoms with Gasteiger partial charge in [0.2, 0.25) is 0 Å². The Kier molecular flexibility index (Phi) is 5.69. The third kappa shape index (κ3) is 3.86. The van der Waals surface area contributed by atoms with Gasteiger partial charge >= 0.3 is 0 Å². The maximum Gasteiger partial charge on any atom is 0.273 e. The lowest BCUT2D eigenvalue weighted by Gasteiger charge is -2.08. The first-order valence-electron chi connectivity index (χ1n) is 8.44. The molecular formula is C21H15ClFN3O2S. The number of carbonyl (C=O) groups is 1. The molecule has 0 saturated heterocycles. The summed E-state index contributed by atoms with van der Waals surface area (Å²) in [4.78, 5) is 25.0. The van der Waals surface area contributed by atoms with Crippen molar-refractivity contribution in [3.8, 4) is 11.8 Å².